The molecule has 5 aromatic rings. The molecule has 0 aliphatic rings. The van der Waals surface area contributed by atoms with Gasteiger partial charge < -0.3 is 9.52 Å². The van der Waals surface area contributed by atoms with Crippen molar-refractivity contribution in [3.63, 3.8) is 0 Å². The molecule has 3 aromatic carbocycles. The SMILES string of the molecule is CC(C)C(C(=O)O)N(c1ccc2oc3cc(-n4cc(-c5ccccc5)nn4)ccc3c2c1)S(=O)O. The summed E-state index contributed by atoms with van der Waals surface area (Å²) in [5.74, 6) is -1.57. The Kier molecular flexibility index (Phi) is 5.83. The van der Waals surface area contributed by atoms with E-state index in [1.54, 1.807) is 36.7 Å². The van der Waals surface area contributed by atoms with Crippen molar-refractivity contribution in [2.24, 2.45) is 5.92 Å². The molecule has 2 N–H and O–H groups in total. The van der Waals surface area contributed by atoms with Gasteiger partial charge in [-0.3, -0.25) is 8.86 Å². The summed E-state index contributed by atoms with van der Waals surface area (Å²) in [5.41, 5.74) is 3.95. The third kappa shape index (κ3) is 4.17. The molecule has 0 radical (unpaired) electrons. The molecule has 0 saturated carbocycles. The fraction of sp³-hybridized carbons (Fsp3) is 0.160. The summed E-state index contributed by atoms with van der Waals surface area (Å²) in [4.78, 5) is 11.8. The van der Waals surface area contributed by atoms with Crippen LogP contribution >= 0.6 is 0 Å². The summed E-state index contributed by atoms with van der Waals surface area (Å²) in [6.45, 7) is 3.39. The number of carboxylic acids is 1. The van der Waals surface area contributed by atoms with Gasteiger partial charge in [-0.1, -0.05) is 49.4 Å². The molecule has 0 amide bonds. The third-order valence-electron chi connectivity index (χ3n) is 5.83. The highest BCUT2D eigenvalue weighted by atomic mass is 32.2. The highest BCUT2D eigenvalue weighted by Crippen LogP contribution is 2.34. The molecule has 2 atom stereocenters. The van der Waals surface area contributed by atoms with Crippen LogP contribution in [0.4, 0.5) is 5.69 Å². The van der Waals surface area contributed by atoms with Crippen LogP contribution in [-0.2, 0) is 16.1 Å². The van der Waals surface area contributed by atoms with Crippen molar-refractivity contribution in [1.82, 2.24) is 15.0 Å². The number of benzene rings is 3. The average Bonchev–Trinajstić information content (AvgIpc) is 3.46. The van der Waals surface area contributed by atoms with E-state index in [1.807, 2.05) is 54.7 Å². The van der Waals surface area contributed by atoms with Crippen LogP contribution in [0.5, 0.6) is 0 Å². The molecule has 5 rings (SSSR count). The van der Waals surface area contributed by atoms with Crippen LogP contribution in [0.3, 0.4) is 0 Å². The topological polar surface area (TPSA) is 122 Å². The maximum atomic E-state index is 12.1. The summed E-state index contributed by atoms with van der Waals surface area (Å²) >= 11 is -2.53. The Balaban J connectivity index is 1.55. The number of furan rings is 1. The van der Waals surface area contributed by atoms with Gasteiger partial charge in [0.05, 0.1) is 17.6 Å². The Hall–Kier alpha value is -4.02. The van der Waals surface area contributed by atoms with E-state index >= 15 is 0 Å². The molecule has 2 unspecified atom stereocenters. The number of rotatable bonds is 7. The lowest BCUT2D eigenvalue weighted by Crippen LogP contribution is -2.45. The number of aromatic nitrogens is 3. The first-order valence-electron chi connectivity index (χ1n) is 10.9. The Labute approximate surface area is 203 Å². The minimum absolute atomic E-state index is 0.315. The first kappa shape index (κ1) is 22.8. The van der Waals surface area contributed by atoms with Gasteiger partial charge in [0, 0.05) is 22.4 Å². The van der Waals surface area contributed by atoms with Crippen molar-refractivity contribution in [3.05, 3.63) is 72.9 Å². The minimum atomic E-state index is -2.53. The molecule has 0 saturated heterocycles. The van der Waals surface area contributed by atoms with Crippen molar-refractivity contribution in [1.29, 1.82) is 0 Å². The Morgan fingerprint density at radius 3 is 2.49 bits per heavy atom. The maximum absolute atomic E-state index is 12.1. The van der Waals surface area contributed by atoms with E-state index in [0.29, 0.717) is 22.2 Å². The third-order valence-corrected chi connectivity index (χ3v) is 6.60. The zero-order valence-corrected chi connectivity index (χ0v) is 19.7. The standard InChI is InChI=1S/C25H22N4O5S/c1-15(2)24(25(30)31)29(35(32)33)18-9-11-22-20(12-18)19-10-8-17(13-23(19)34-22)28-14-21(26-27-28)16-6-4-3-5-7-16/h3-15,24H,1-2H3,(H,30,31)(H,32,33). The number of anilines is 1. The molecular formula is C25H22N4O5S. The number of aliphatic carboxylic acids is 1. The Bertz CT molecular complexity index is 1560. The second-order valence-electron chi connectivity index (χ2n) is 8.46. The number of fused-ring (bicyclic) bond motifs is 3. The van der Waals surface area contributed by atoms with E-state index in [-0.39, 0.29) is 0 Å². The number of carbonyl (C=O) groups is 1. The molecule has 35 heavy (non-hydrogen) atoms. The highest BCUT2D eigenvalue weighted by Gasteiger charge is 2.33. The summed E-state index contributed by atoms with van der Waals surface area (Å²) in [7, 11) is 0. The van der Waals surface area contributed by atoms with Crippen LogP contribution < -0.4 is 4.31 Å². The van der Waals surface area contributed by atoms with Gasteiger partial charge >= 0.3 is 5.97 Å². The molecule has 2 aromatic heterocycles. The van der Waals surface area contributed by atoms with Crippen LogP contribution in [-0.4, -0.2) is 40.9 Å². The number of nitrogens with zero attached hydrogens (tertiary/aromatic N) is 4. The predicted molar refractivity (Wildman–Crippen MR) is 134 cm³/mol. The fourth-order valence-corrected chi connectivity index (χ4v) is 4.99. The van der Waals surface area contributed by atoms with Crippen molar-refractivity contribution in [2.75, 3.05) is 4.31 Å². The molecule has 2 heterocycles. The van der Waals surface area contributed by atoms with Crippen LogP contribution in [0.1, 0.15) is 13.8 Å². The maximum Gasteiger partial charge on any atom is 0.327 e. The highest BCUT2D eigenvalue weighted by molar-refractivity contribution is 7.80. The van der Waals surface area contributed by atoms with E-state index in [9.17, 15) is 18.7 Å². The van der Waals surface area contributed by atoms with Crippen LogP contribution in [0.2, 0.25) is 0 Å². The molecule has 0 bridgehead atoms. The van der Waals surface area contributed by atoms with E-state index in [0.717, 1.165) is 26.6 Å². The van der Waals surface area contributed by atoms with Crippen molar-refractivity contribution < 1.29 is 23.1 Å². The van der Waals surface area contributed by atoms with Gasteiger partial charge in [0.15, 0.2) is 0 Å². The fourth-order valence-electron chi connectivity index (χ4n) is 4.17. The second kappa shape index (κ2) is 8.97. The van der Waals surface area contributed by atoms with Gasteiger partial charge in [-0.25, -0.2) is 13.7 Å². The normalized spacial score (nSPS) is 13.4. The second-order valence-corrected chi connectivity index (χ2v) is 9.32. The average molecular weight is 491 g/mol. The van der Waals surface area contributed by atoms with E-state index in [4.69, 9.17) is 4.42 Å². The number of hydrogen-bond acceptors (Lipinski definition) is 5. The largest absolute Gasteiger partial charge is 0.480 e. The van der Waals surface area contributed by atoms with Crippen molar-refractivity contribution in [2.45, 2.75) is 19.9 Å². The molecule has 9 nitrogen and oxygen atoms in total. The zero-order chi connectivity index (χ0) is 24.7. The molecule has 0 spiro atoms. The summed E-state index contributed by atoms with van der Waals surface area (Å²) in [5, 5.41) is 19.6. The number of hydrogen-bond donors (Lipinski definition) is 2. The lowest BCUT2D eigenvalue weighted by atomic mass is 10.0. The van der Waals surface area contributed by atoms with Gasteiger partial charge in [-0.2, -0.15) is 0 Å². The Morgan fingerprint density at radius 1 is 1.03 bits per heavy atom. The summed E-state index contributed by atoms with van der Waals surface area (Å²) in [6, 6.07) is 19.1. The first-order chi connectivity index (χ1) is 16.8. The van der Waals surface area contributed by atoms with E-state index in [2.05, 4.69) is 10.3 Å². The summed E-state index contributed by atoms with van der Waals surface area (Å²) in [6.07, 6.45) is 1.84. The monoisotopic (exact) mass is 490 g/mol. The van der Waals surface area contributed by atoms with E-state index in [1.165, 1.54) is 0 Å². The van der Waals surface area contributed by atoms with Crippen LogP contribution in [0, 0.1) is 5.92 Å². The van der Waals surface area contributed by atoms with Gasteiger partial charge in [-0.05, 0) is 36.2 Å². The number of carboxylic acid groups (broad SMARTS) is 1. The Morgan fingerprint density at radius 2 is 1.80 bits per heavy atom. The van der Waals surface area contributed by atoms with Crippen molar-refractivity contribution >= 4 is 44.9 Å². The predicted octanol–water partition coefficient (Wildman–Crippen LogP) is 4.89. The van der Waals surface area contributed by atoms with E-state index < -0.39 is 29.2 Å². The lowest BCUT2D eigenvalue weighted by Gasteiger charge is -2.29. The molecule has 0 aliphatic heterocycles. The van der Waals surface area contributed by atoms with Crippen molar-refractivity contribution in [3.8, 4) is 16.9 Å². The molecular weight excluding hydrogens is 468 g/mol. The van der Waals surface area contributed by atoms with Gasteiger partial charge in [-0.15, -0.1) is 5.10 Å². The summed E-state index contributed by atoms with van der Waals surface area (Å²) < 4.78 is 30.7. The van der Waals surface area contributed by atoms with Crippen LogP contribution in [0.25, 0.3) is 38.9 Å². The first-order valence-corrected chi connectivity index (χ1v) is 12.0. The van der Waals surface area contributed by atoms with Crippen LogP contribution in [0.15, 0.2) is 77.3 Å². The van der Waals surface area contributed by atoms with Gasteiger partial charge in [0.2, 0.25) is 0 Å². The minimum Gasteiger partial charge on any atom is -0.480 e. The van der Waals surface area contributed by atoms with Gasteiger partial charge in [0.25, 0.3) is 11.3 Å². The molecule has 0 aliphatic carbocycles. The zero-order valence-electron chi connectivity index (χ0n) is 18.9. The lowest BCUT2D eigenvalue weighted by molar-refractivity contribution is -0.139. The molecule has 10 heteroatoms. The smallest absolute Gasteiger partial charge is 0.327 e. The molecule has 0 fully saturated rings. The van der Waals surface area contributed by atoms with Gasteiger partial charge in [0.1, 0.15) is 22.9 Å². The quantitative estimate of drug-likeness (QED) is 0.312. The molecule has 178 valence electrons.